The van der Waals surface area contributed by atoms with E-state index in [1.165, 1.54) is 5.82 Å². The molecule has 0 saturated heterocycles. The molecule has 0 aliphatic heterocycles. The standard InChI is InChI=1S/C31H31N4O4P/c1-5-38-40(37,39-6-2)16-15-22-17-20(3)29(21(4)18-22)30-33-26-13-11-24(19-27(26)34-30)31(36)35-28-14-12-23-9-7-8-10-25(23)32-28/h7-19H,5-6H2,1-4H3,(H,33,34)(H,32,35,36)/b16-15+. The van der Waals surface area contributed by atoms with Crippen molar-refractivity contribution in [1.82, 2.24) is 15.0 Å². The Morgan fingerprint density at radius 2 is 1.65 bits per heavy atom. The van der Waals surface area contributed by atoms with Crippen LogP contribution >= 0.6 is 7.60 Å². The Morgan fingerprint density at radius 1 is 0.925 bits per heavy atom. The highest BCUT2D eigenvalue weighted by atomic mass is 31.2. The summed E-state index contributed by atoms with van der Waals surface area (Å²) in [4.78, 5) is 25.7. The van der Waals surface area contributed by atoms with Gasteiger partial charge in [-0.25, -0.2) is 9.97 Å². The maximum atomic E-state index is 13.0. The molecule has 2 N–H and O–H groups in total. The van der Waals surface area contributed by atoms with Crippen LogP contribution in [0.3, 0.4) is 0 Å². The zero-order valence-corrected chi connectivity index (χ0v) is 23.8. The molecule has 1 amide bonds. The fourth-order valence-electron chi connectivity index (χ4n) is 4.72. The molecule has 2 heterocycles. The summed E-state index contributed by atoms with van der Waals surface area (Å²) in [5.41, 5.74) is 6.69. The van der Waals surface area contributed by atoms with Gasteiger partial charge in [-0.15, -0.1) is 0 Å². The van der Waals surface area contributed by atoms with Crippen molar-refractivity contribution in [3.63, 3.8) is 0 Å². The summed E-state index contributed by atoms with van der Waals surface area (Å²) in [7, 11) is -3.29. The molecule has 5 aromatic rings. The van der Waals surface area contributed by atoms with E-state index in [9.17, 15) is 9.36 Å². The van der Waals surface area contributed by atoms with Gasteiger partial charge in [0.1, 0.15) is 11.6 Å². The van der Waals surface area contributed by atoms with Gasteiger partial charge in [0.05, 0.1) is 29.8 Å². The molecule has 0 spiro atoms. The molecule has 8 nitrogen and oxygen atoms in total. The van der Waals surface area contributed by atoms with E-state index < -0.39 is 7.60 Å². The predicted octanol–water partition coefficient (Wildman–Crippen LogP) is 7.88. The van der Waals surface area contributed by atoms with Crippen molar-refractivity contribution < 1.29 is 18.4 Å². The minimum atomic E-state index is -3.29. The van der Waals surface area contributed by atoms with Gasteiger partial charge in [-0.3, -0.25) is 9.36 Å². The van der Waals surface area contributed by atoms with Crippen molar-refractivity contribution in [2.75, 3.05) is 18.5 Å². The van der Waals surface area contributed by atoms with Crippen molar-refractivity contribution in [2.24, 2.45) is 0 Å². The van der Waals surface area contributed by atoms with Gasteiger partial charge in [-0.05, 0) is 86.9 Å². The molecule has 5 rings (SSSR count). The van der Waals surface area contributed by atoms with Crippen LogP contribution in [0.15, 0.2) is 72.5 Å². The van der Waals surface area contributed by atoms with Gasteiger partial charge in [-0.2, -0.15) is 0 Å². The second kappa shape index (κ2) is 11.6. The number of nitrogens with one attached hydrogen (secondary N) is 2. The highest BCUT2D eigenvalue weighted by Gasteiger charge is 2.19. The number of hydrogen-bond donors (Lipinski definition) is 2. The molecule has 3 aromatic carbocycles. The number of imidazole rings is 1. The average molecular weight is 555 g/mol. The smallest absolute Gasteiger partial charge is 0.338 e. The first kappa shape index (κ1) is 27.5. The topological polar surface area (TPSA) is 106 Å². The highest BCUT2D eigenvalue weighted by molar-refractivity contribution is 7.57. The third kappa shape index (κ3) is 5.89. The molecule has 0 atom stereocenters. The van der Waals surface area contributed by atoms with Crippen molar-refractivity contribution >= 4 is 47.3 Å². The van der Waals surface area contributed by atoms with Gasteiger partial charge >= 0.3 is 7.60 Å². The van der Waals surface area contributed by atoms with E-state index >= 15 is 0 Å². The number of nitrogens with zero attached hydrogens (tertiary/aromatic N) is 2. The lowest BCUT2D eigenvalue weighted by Crippen LogP contribution is -2.12. The van der Waals surface area contributed by atoms with Crippen molar-refractivity contribution in [2.45, 2.75) is 27.7 Å². The van der Waals surface area contributed by atoms with Crippen molar-refractivity contribution in [3.8, 4) is 11.4 Å². The maximum absolute atomic E-state index is 13.0. The first-order valence-corrected chi connectivity index (χ1v) is 14.8. The minimum Gasteiger partial charge on any atom is -0.338 e. The van der Waals surface area contributed by atoms with Crippen LogP contribution < -0.4 is 5.32 Å². The first-order valence-electron chi connectivity index (χ1n) is 13.1. The summed E-state index contributed by atoms with van der Waals surface area (Å²) in [5, 5.41) is 3.90. The number of carbonyl (C=O) groups is 1. The van der Waals surface area contributed by atoms with E-state index in [2.05, 4.69) is 15.3 Å². The van der Waals surface area contributed by atoms with E-state index in [1.54, 1.807) is 38.1 Å². The number of amides is 1. The van der Waals surface area contributed by atoms with Gasteiger partial charge in [0.25, 0.3) is 5.91 Å². The number of aryl methyl sites for hydroxylation is 2. The number of aromatic nitrogens is 3. The van der Waals surface area contributed by atoms with Crippen LogP contribution in [0.4, 0.5) is 5.82 Å². The molecule has 0 unspecified atom stereocenters. The van der Waals surface area contributed by atoms with Gasteiger partial charge in [-0.1, -0.05) is 30.3 Å². The molecular formula is C31H31N4O4P. The van der Waals surface area contributed by atoms with Crippen LogP contribution in [0, 0.1) is 13.8 Å². The third-order valence-electron chi connectivity index (χ3n) is 6.44. The lowest BCUT2D eigenvalue weighted by molar-refractivity contribution is 0.102. The molecule has 0 radical (unpaired) electrons. The van der Waals surface area contributed by atoms with E-state index in [4.69, 9.17) is 14.0 Å². The molecule has 0 aliphatic carbocycles. The number of carbonyl (C=O) groups excluding carboxylic acids is 1. The number of rotatable bonds is 9. The monoisotopic (exact) mass is 554 g/mol. The summed E-state index contributed by atoms with van der Waals surface area (Å²) < 4.78 is 23.5. The highest BCUT2D eigenvalue weighted by Crippen LogP contribution is 2.50. The molecule has 204 valence electrons. The number of benzene rings is 3. The molecule has 0 aliphatic rings. The third-order valence-corrected chi connectivity index (χ3v) is 8.19. The van der Waals surface area contributed by atoms with Crippen molar-refractivity contribution in [3.05, 3.63) is 94.8 Å². The Hall–Kier alpha value is -4.10. The van der Waals surface area contributed by atoms with Crippen LogP contribution in [-0.2, 0) is 13.6 Å². The molecule has 9 heteroatoms. The summed E-state index contributed by atoms with van der Waals surface area (Å²) >= 11 is 0. The number of para-hydroxylation sites is 1. The number of H-pyrrole nitrogens is 1. The summed E-state index contributed by atoms with van der Waals surface area (Å²) in [6.45, 7) is 8.18. The lowest BCUT2D eigenvalue weighted by atomic mass is 9.99. The zero-order valence-electron chi connectivity index (χ0n) is 22.9. The minimum absolute atomic E-state index is 0.249. The number of pyridine rings is 1. The number of fused-ring (bicyclic) bond motifs is 2. The molecule has 0 fully saturated rings. The number of aromatic amines is 1. The largest absolute Gasteiger partial charge is 0.354 e. The molecule has 2 aromatic heterocycles. The summed E-state index contributed by atoms with van der Waals surface area (Å²) in [6.07, 6.45) is 1.77. The molecular weight excluding hydrogens is 523 g/mol. The molecule has 40 heavy (non-hydrogen) atoms. The lowest BCUT2D eigenvalue weighted by Gasteiger charge is -2.13. The molecule has 0 bridgehead atoms. The second-order valence-electron chi connectivity index (χ2n) is 9.38. The Balaban J connectivity index is 1.39. The van der Waals surface area contributed by atoms with Crippen LogP contribution in [-0.4, -0.2) is 34.1 Å². The number of anilines is 1. The van der Waals surface area contributed by atoms with Gasteiger partial charge in [0.2, 0.25) is 0 Å². The van der Waals surface area contributed by atoms with E-state index in [1.807, 2.05) is 62.4 Å². The van der Waals surface area contributed by atoms with Crippen LogP contribution in [0.1, 0.15) is 40.9 Å². The van der Waals surface area contributed by atoms with Crippen LogP contribution in [0.2, 0.25) is 0 Å². The average Bonchev–Trinajstić information content (AvgIpc) is 3.34. The summed E-state index contributed by atoms with van der Waals surface area (Å²) in [5.74, 6) is 2.47. The van der Waals surface area contributed by atoms with E-state index in [-0.39, 0.29) is 5.91 Å². The normalized spacial score (nSPS) is 12.0. The zero-order chi connectivity index (χ0) is 28.3. The maximum Gasteiger partial charge on any atom is 0.354 e. The quantitative estimate of drug-likeness (QED) is 0.180. The van der Waals surface area contributed by atoms with Crippen molar-refractivity contribution in [1.29, 1.82) is 0 Å². The molecule has 0 saturated carbocycles. The second-order valence-corrected chi connectivity index (χ2v) is 11.3. The van der Waals surface area contributed by atoms with Gasteiger partial charge < -0.3 is 19.3 Å². The van der Waals surface area contributed by atoms with Crippen LogP contribution in [0.25, 0.3) is 39.4 Å². The first-order chi connectivity index (χ1) is 19.3. The Morgan fingerprint density at radius 3 is 2.38 bits per heavy atom. The fraction of sp³-hybridized carbons (Fsp3) is 0.194. The summed E-state index contributed by atoms with van der Waals surface area (Å²) in [6, 6.07) is 20.9. The van der Waals surface area contributed by atoms with E-state index in [0.29, 0.717) is 30.4 Å². The van der Waals surface area contributed by atoms with Gasteiger partial charge in [0.15, 0.2) is 0 Å². The van der Waals surface area contributed by atoms with Crippen LogP contribution in [0.5, 0.6) is 0 Å². The Bertz CT molecular complexity index is 1760. The number of hydrogen-bond acceptors (Lipinski definition) is 6. The fourth-order valence-corrected chi connectivity index (χ4v) is 6.04. The Labute approximate surface area is 233 Å². The SMILES string of the molecule is CCOP(=O)(/C=C/c1cc(C)c(-c2nc3ccc(C(=O)Nc4ccc5ccccc5n4)cc3[nH]2)c(C)c1)OCC. The predicted molar refractivity (Wildman–Crippen MR) is 161 cm³/mol. The Kier molecular flexibility index (Phi) is 7.94. The van der Waals surface area contributed by atoms with E-state index in [0.717, 1.165) is 44.2 Å². The van der Waals surface area contributed by atoms with Gasteiger partial charge in [0, 0.05) is 22.3 Å².